The Kier molecular flexibility index (Phi) is 7.67. The number of carbonyl (C=O) groups is 3. The molecule has 2 amide bonds. The fraction of sp³-hybridized carbons (Fsp3) is 0.438. The molecule has 1 aromatic rings. The molecule has 0 spiro atoms. The summed E-state index contributed by atoms with van der Waals surface area (Å²) in [7, 11) is 0. The van der Waals surface area contributed by atoms with E-state index < -0.39 is 11.9 Å². The Labute approximate surface area is 129 Å². The molecular weight excluding hydrogens is 284 g/mol. The van der Waals surface area contributed by atoms with Crippen LogP contribution >= 0.6 is 0 Å². The monoisotopic (exact) mass is 306 g/mol. The highest BCUT2D eigenvalue weighted by molar-refractivity contribution is 5.85. The number of carboxylic acids is 1. The second-order valence-electron chi connectivity index (χ2n) is 5.07. The third-order valence-electron chi connectivity index (χ3n) is 3.19. The standard InChI is InChI=1S/C16H22N2O4/c1-2-6-13(16(21)22)10-17-15(20)11-18-14(19)9-12-7-4-3-5-8-12/h3-5,7-8,13H,2,6,9-11H2,1H3,(H,17,20)(H,18,19)(H,21,22). The molecule has 120 valence electrons. The van der Waals surface area contributed by atoms with E-state index in [1.54, 1.807) is 0 Å². The Hall–Kier alpha value is -2.37. The van der Waals surface area contributed by atoms with E-state index in [0.29, 0.717) is 6.42 Å². The molecule has 1 aromatic carbocycles. The summed E-state index contributed by atoms with van der Waals surface area (Å²) in [4.78, 5) is 34.2. The maximum Gasteiger partial charge on any atom is 0.308 e. The largest absolute Gasteiger partial charge is 0.481 e. The normalized spacial score (nSPS) is 11.5. The van der Waals surface area contributed by atoms with Crippen LogP contribution in [0.2, 0.25) is 0 Å². The highest BCUT2D eigenvalue weighted by Gasteiger charge is 2.17. The van der Waals surface area contributed by atoms with Gasteiger partial charge in [-0.1, -0.05) is 43.7 Å². The van der Waals surface area contributed by atoms with Gasteiger partial charge in [-0.25, -0.2) is 0 Å². The molecule has 6 heteroatoms. The van der Waals surface area contributed by atoms with Crippen molar-refractivity contribution in [3.8, 4) is 0 Å². The van der Waals surface area contributed by atoms with E-state index in [0.717, 1.165) is 12.0 Å². The fourth-order valence-electron chi connectivity index (χ4n) is 1.98. The van der Waals surface area contributed by atoms with Gasteiger partial charge in [0, 0.05) is 6.54 Å². The van der Waals surface area contributed by atoms with Gasteiger partial charge in [0.25, 0.3) is 0 Å². The minimum atomic E-state index is -0.921. The van der Waals surface area contributed by atoms with E-state index in [2.05, 4.69) is 10.6 Å². The van der Waals surface area contributed by atoms with Crippen LogP contribution in [-0.4, -0.2) is 36.0 Å². The van der Waals surface area contributed by atoms with E-state index in [1.165, 1.54) is 0 Å². The van der Waals surface area contributed by atoms with Gasteiger partial charge in [-0.3, -0.25) is 14.4 Å². The van der Waals surface area contributed by atoms with Crippen molar-refractivity contribution in [1.82, 2.24) is 10.6 Å². The zero-order valence-electron chi connectivity index (χ0n) is 12.7. The van der Waals surface area contributed by atoms with Crippen LogP contribution in [-0.2, 0) is 20.8 Å². The number of rotatable bonds is 9. The Balaban J connectivity index is 2.27. The number of hydrogen-bond donors (Lipinski definition) is 3. The molecule has 1 rings (SSSR count). The van der Waals surface area contributed by atoms with Crippen molar-refractivity contribution in [2.75, 3.05) is 13.1 Å². The van der Waals surface area contributed by atoms with Crippen LogP contribution in [0.25, 0.3) is 0 Å². The fourth-order valence-corrected chi connectivity index (χ4v) is 1.98. The van der Waals surface area contributed by atoms with Crippen LogP contribution in [0.5, 0.6) is 0 Å². The number of benzene rings is 1. The highest BCUT2D eigenvalue weighted by atomic mass is 16.4. The molecule has 0 fully saturated rings. The summed E-state index contributed by atoms with van der Waals surface area (Å²) in [6.07, 6.45) is 1.46. The molecule has 0 aliphatic rings. The Bertz CT molecular complexity index is 502. The van der Waals surface area contributed by atoms with Gasteiger partial charge in [-0.05, 0) is 12.0 Å². The molecule has 0 bridgehead atoms. The Morgan fingerprint density at radius 2 is 1.77 bits per heavy atom. The van der Waals surface area contributed by atoms with Gasteiger partial charge in [0.2, 0.25) is 11.8 Å². The van der Waals surface area contributed by atoms with Crippen molar-refractivity contribution in [2.24, 2.45) is 5.92 Å². The SMILES string of the molecule is CCCC(CNC(=O)CNC(=O)Cc1ccccc1)C(=O)O. The van der Waals surface area contributed by atoms with Gasteiger partial charge in [-0.15, -0.1) is 0 Å². The third-order valence-corrected chi connectivity index (χ3v) is 3.19. The third kappa shape index (κ3) is 6.88. The van der Waals surface area contributed by atoms with E-state index >= 15 is 0 Å². The van der Waals surface area contributed by atoms with E-state index in [4.69, 9.17) is 5.11 Å². The summed E-state index contributed by atoms with van der Waals surface area (Å²) in [6.45, 7) is 1.82. The lowest BCUT2D eigenvalue weighted by molar-refractivity contribution is -0.142. The van der Waals surface area contributed by atoms with Crippen molar-refractivity contribution >= 4 is 17.8 Å². The predicted molar refractivity (Wildman–Crippen MR) is 82.2 cm³/mol. The summed E-state index contributed by atoms with van der Waals surface area (Å²) in [6, 6.07) is 9.22. The molecule has 6 nitrogen and oxygen atoms in total. The predicted octanol–water partition coefficient (Wildman–Crippen LogP) is 0.962. The van der Waals surface area contributed by atoms with Crippen molar-refractivity contribution in [3.05, 3.63) is 35.9 Å². The first kappa shape index (κ1) is 17.7. The number of carboxylic acid groups (broad SMARTS) is 1. The minimum Gasteiger partial charge on any atom is -0.481 e. The van der Waals surface area contributed by atoms with Crippen molar-refractivity contribution < 1.29 is 19.5 Å². The lowest BCUT2D eigenvalue weighted by Crippen LogP contribution is -2.40. The second kappa shape index (κ2) is 9.55. The topological polar surface area (TPSA) is 95.5 Å². The summed E-state index contributed by atoms with van der Waals surface area (Å²) in [5, 5.41) is 14.0. The summed E-state index contributed by atoms with van der Waals surface area (Å²) in [5.41, 5.74) is 0.870. The zero-order valence-corrected chi connectivity index (χ0v) is 12.7. The van der Waals surface area contributed by atoms with Gasteiger partial charge in [0.1, 0.15) is 0 Å². The first-order chi connectivity index (χ1) is 10.5. The average molecular weight is 306 g/mol. The van der Waals surface area contributed by atoms with Crippen LogP contribution in [0.1, 0.15) is 25.3 Å². The van der Waals surface area contributed by atoms with E-state index in [1.807, 2.05) is 37.3 Å². The molecule has 0 aliphatic heterocycles. The zero-order chi connectivity index (χ0) is 16.4. The number of amides is 2. The van der Waals surface area contributed by atoms with Crippen molar-refractivity contribution in [2.45, 2.75) is 26.2 Å². The molecule has 22 heavy (non-hydrogen) atoms. The molecule has 0 radical (unpaired) electrons. The molecule has 1 unspecified atom stereocenters. The Morgan fingerprint density at radius 3 is 2.36 bits per heavy atom. The smallest absolute Gasteiger partial charge is 0.308 e. The van der Waals surface area contributed by atoms with Gasteiger partial charge in [-0.2, -0.15) is 0 Å². The molecule has 0 aromatic heterocycles. The molecule has 0 saturated carbocycles. The molecule has 0 aliphatic carbocycles. The molecular formula is C16H22N2O4. The number of aliphatic carboxylic acids is 1. The average Bonchev–Trinajstić information content (AvgIpc) is 2.50. The van der Waals surface area contributed by atoms with Crippen LogP contribution in [0.15, 0.2) is 30.3 Å². The maximum atomic E-state index is 11.7. The lowest BCUT2D eigenvalue weighted by atomic mass is 10.0. The maximum absolute atomic E-state index is 11.7. The second-order valence-corrected chi connectivity index (χ2v) is 5.07. The highest BCUT2D eigenvalue weighted by Crippen LogP contribution is 2.04. The molecule has 0 heterocycles. The Morgan fingerprint density at radius 1 is 1.09 bits per heavy atom. The van der Waals surface area contributed by atoms with Crippen molar-refractivity contribution in [3.63, 3.8) is 0 Å². The summed E-state index contributed by atoms with van der Waals surface area (Å²) >= 11 is 0. The van der Waals surface area contributed by atoms with E-state index in [9.17, 15) is 14.4 Å². The first-order valence-electron chi connectivity index (χ1n) is 7.33. The van der Waals surface area contributed by atoms with Crippen LogP contribution in [0.4, 0.5) is 0 Å². The quantitative estimate of drug-likeness (QED) is 0.633. The molecule has 0 saturated heterocycles. The molecule has 1 atom stereocenters. The van der Waals surface area contributed by atoms with Crippen LogP contribution in [0, 0.1) is 5.92 Å². The van der Waals surface area contributed by atoms with Crippen molar-refractivity contribution in [1.29, 1.82) is 0 Å². The van der Waals surface area contributed by atoms with Crippen LogP contribution < -0.4 is 10.6 Å². The summed E-state index contributed by atoms with van der Waals surface area (Å²) < 4.78 is 0. The van der Waals surface area contributed by atoms with Crippen LogP contribution in [0.3, 0.4) is 0 Å². The molecule has 3 N–H and O–H groups in total. The minimum absolute atomic E-state index is 0.0799. The van der Waals surface area contributed by atoms with Gasteiger partial charge in [0.05, 0.1) is 18.9 Å². The number of carbonyl (C=O) groups excluding carboxylic acids is 2. The van der Waals surface area contributed by atoms with Gasteiger partial charge < -0.3 is 15.7 Å². The first-order valence-corrected chi connectivity index (χ1v) is 7.33. The summed E-state index contributed by atoms with van der Waals surface area (Å²) in [5.74, 6) is -2.14. The number of hydrogen-bond acceptors (Lipinski definition) is 3. The van der Waals surface area contributed by atoms with Gasteiger partial charge >= 0.3 is 5.97 Å². The lowest BCUT2D eigenvalue weighted by Gasteiger charge is -2.12. The van der Waals surface area contributed by atoms with Gasteiger partial charge in [0.15, 0.2) is 0 Å². The number of nitrogens with one attached hydrogen (secondary N) is 2. The van der Waals surface area contributed by atoms with E-state index in [-0.39, 0.29) is 31.3 Å².